The Hall–Kier alpha value is -3.99. The number of carbonyl (C=O) groups excluding carboxylic acids is 1. The van der Waals surface area contributed by atoms with Gasteiger partial charge in [-0.15, -0.1) is 0 Å². The number of amides is 1. The van der Waals surface area contributed by atoms with E-state index in [1.807, 2.05) is 13.0 Å². The van der Waals surface area contributed by atoms with Crippen molar-refractivity contribution >= 4 is 29.8 Å². The fraction of sp³-hybridized carbons (Fsp3) is 0.379. The number of allylic oxidation sites excluding steroid dienone is 2. The second-order valence-electron chi connectivity index (χ2n) is 8.48. The molecule has 0 aliphatic carbocycles. The molecule has 0 saturated heterocycles. The van der Waals surface area contributed by atoms with Gasteiger partial charge in [-0.1, -0.05) is 32.6 Å². The molecule has 0 atom stereocenters. The zero-order valence-corrected chi connectivity index (χ0v) is 23.7. The van der Waals surface area contributed by atoms with Crippen molar-refractivity contribution in [3.05, 3.63) is 77.7 Å². The Morgan fingerprint density at radius 3 is 2.38 bits per heavy atom. The van der Waals surface area contributed by atoms with E-state index < -0.39 is 18.0 Å². The number of anilines is 1. The SMILES string of the molecule is C=NN(/C=C(\C)c1cccc(NC(C)=O)c1)Cc1ncc(C(=NC)OC(=C)C(F)F)cc1F.CCCOCCC. The van der Waals surface area contributed by atoms with Gasteiger partial charge in [-0.25, -0.2) is 13.2 Å². The number of benzene rings is 1. The molecular weight excluding hydrogens is 523 g/mol. The third kappa shape index (κ3) is 12.2. The summed E-state index contributed by atoms with van der Waals surface area (Å²) in [7, 11) is 1.32. The number of hydrogen-bond acceptors (Lipinski definition) is 7. The van der Waals surface area contributed by atoms with Gasteiger partial charge in [-0.3, -0.25) is 19.8 Å². The second-order valence-corrected chi connectivity index (χ2v) is 8.48. The van der Waals surface area contributed by atoms with Crippen LogP contribution in [0.5, 0.6) is 0 Å². The minimum Gasteiger partial charge on any atom is -0.438 e. The maximum absolute atomic E-state index is 14.7. The molecule has 0 aliphatic heterocycles. The van der Waals surface area contributed by atoms with Crippen LogP contribution in [-0.4, -0.2) is 55.2 Å². The molecule has 218 valence electrons. The number of aromatic nitrogens is 1. The summed E-state index contributed by atoms with van der Waals surface area (Å²) < 4.78 is 50.0. The topological polar surface area (TPSA) is 88.4 Å². The fourth-order valence-corrected chi connectivity index (χ4v) is 3.13. The van der Waals surface area contributed by atoms with Gasteiger partial charge in [0.1, 0.15) is 5.82 Å². The predicted molar refractivity (Wildman–Crippen MR) is 154 cm³/mol. The zero-order chi connectivity index (χ0) is 30.1. The van der Waals surface area contributed by atoms with E-state index in [1.165, 1.54) is 25.2 Å². The molecule has 40 heavy (non-hydrogen) atoms. The van der Waals surface area contributed by atoms with Crippen molar-refractivity contribution in [1.82, 2.24) is 9.99 Å². The van der Waals surface area contributed by atoms with E-state index in [2.05, 4.69) is 47.5 Å². The van der Waals surface area contributed by atoms with Crippen LogP contribution in [-0.2, 0) is 20.8 Å². The quantitative estimate of drug-likeness (QED) is 0.0972. The van der Waals surface area contributed by atoms with Crippen LogP contribution in [0.4, 0.5) is 18.9 Å². The Morgan fingerprint density at radius 1 is 1.18 bits per heavy atom. The Morgan fingerprint density at radius 2 is 1.85 bits per heavy atom. The first kappa shape index (κ1) is 34.0. The van der Waals surface area contributed by atoms with Crippen LogP contribution in [0, 0.1) is 5.82 Å². The van der Waals surface area contributed by atoms with Gasteiger partial charge in [-0.05, 0) is 49.1 Å². The Kier molecular flexibility index (Phi) is 15.6. The van der Waals surface area contributed by atoms with E-state index in [9.17, 15) is 18.0 Å². The summed E-state index contributed by atoms with van der Waals surface area (Å²) in [5.41, 5.74) is 2.37. The van der Waals surface area contributed by atoms with Crippen molar-refractivity contribution in [2.24, 2.45) is 10.1 Å². The molecule has 0 aliphatic rings. The Balaban J connectivity index is 0.00000101. The third-order valence-electron chi connectivity index (χ3n) is 5.01. The first-order valence-corrected chi connectivity index (χ1v) is 12.7. The van der Waals surface area contributed by atoms with Crippen LogP contribution in [0.2, 0.25) is 0 Å². The number of alkyl halides is 2. The van der Waals surface area contributed by atoms with Gasteiger partial charge in [0.25, 0.3) is 6.43 Å². The molecule has 0 unspecified atom stereocenters. The van der Waals surface area contributed by atoms with Crippen LogP contribution >= 0.6 is 0 Å². The van der Waals surface area contributed by atoms with Crippen molar-refractivity contribution < 1.29 is 27.4 Å². The van der Waals surface area contributed by atoms with Gasteiger partial charge in [-0.2, -0.15) is 5.10 Å². The molecule has 1 aromatic carbocycles. The van der Waals surface area contributed by atoms with Crippen LogP contribution in [0.3, 0.4) is 0 Å². The molecule has 1 N–H and O–H groups in total. The van der Waals surface area contributed by atoms with E-state index in [-0.39, 0.29) is 29.6 Å². The molecule has 0 saturated carbocycles. The van der Waals surface area contributed by atoms with Crippen molar-refractivity contribution in [2.45, 2.75) is 53.5 Å². The van der Waals surface area contributed by atoms with Crippen molar-refractivity contribution in [3.8, 4) is 0 Å². The largest absolute Gasteiger partial charge is 0.438 e. The standard InChI is InChI=1S/C23H24F3N5O2.C6H14O/c1-14(17-7-6-8-19(9-17)30-16(3)32)12-31(28-5)13-21-20(24)10-18(11-29-21)23(27-4)33-15(2)22(25)26;1-3-5-7-6-4-2/h6-12,22H,2,5,13H2,1,3-4H3,(H,30,32);3-6H2,1-2H3/b14-12+,27-23?;. The fourth-order valence-electron chi connectivity index (χ4n) is 3.13. The van der Waals surface area contributed by atoms with Gasteiger partial charge >= 0.3 is 0 Å². The summed E-state index contributed by atoms with van der Waals surface area (Å²) in [6, 6.07) is 8.28. The lowest BCUT2D eigenvalue weighted by Crippen LogP contribution is -2.15. The predicted octanol–water partition coefficient (Wildman–Crippen LogP) is 6.65. The van der Waals surface area contributed by atoms with E-state index in [1.54, 1.807) is 24.4 Å². The molecule has 1 heterocycles. The Labute approximate surface area is 234 Å². The number of ether oxygens (including phenoxy) is 2. The highest BCUT2D eigenvalue weighted by Crippen LogP contribution is 2.21. The average Bonchev–Trinajstić information content (AvgIpc) is 2.92. The van der Waals surface area contributed by atoms with E-state index in [0.29, 0.717) is 5.69 Å². The lowest BCUT2D eigenvalue weighted by Gasteiger charge is -2.16. The summed E-state index contributed by atoms with van der Waals surface area (Å²) >= 11 is 0. The van der Waals surface area contributed by atoms with E-state index in [0.717, 1.165) is 43.3 Å². The molecule has 0 spiro atoms. The molecule has 2 rings (SSSR count). The van der Waals surface area contributed by atoms with Crippen LogP contribution in [0.25, 0.3) is 5.57 Å². The van der Waals surface area contributed by atoms with Crippen molar-refractivity contribution in [2.75, 3.05) is 25.6 Å². The number of pyridine rings is 1. The van der Waals surface area contributed by atoms with E-state index >= 15 is 0 Å². The summed E-state index contributed by atoms with van der Waals surface area (Å²) in [6.07, 6.45) is 2.29. The van der Waals surface area contributed by atoms with Gasteiger partial charge in [0.2, 0.25) is 11.8 Å². The normalized spacial score (nSPS) is 11.4. The zero-order valence-electron chi connectivity index (χ0n) is 23.7. The number of carbonyl (C=O) groups is 1. The van der Waals surface area contributed by atoms with Crippen LogP contribution in [0.15, 0.2) is 65.2 Å². The number of aliphatic imine (C=N–C) groups is 1. The molecule has 11 heteroatoms. The summed E-state index contributed by atoms with van der Waals surface area (Å²) in [5, 5.41) is 7.99. The number of nitrogens with zero attached hydrogens (tertiary/aromatic N) is 4. The minimum atomic E-state index is -2.90. The highest BCUT2D eigenvalue weighted by Gasteiger charge is 2.17. The molecule has 0 radical (unpaired) electrons. The summed E-state index contributed by atoms with van der Waals surface area (Å²) in [6.45, 7) is 15.9. The van der Waals surface area contributed by atoms with Crippen molar-refractivity contribution in [3.63, 3.8) is 0 Å². The number of rotatable bonds is 13. The number of nitrogens with one attached hydrogen (secondary N) is 1. The molecule has 1 aromatic heterocycles. The van der Waals surface area contributed by atoms with Gasteiger partial charge < -0.3 is 14.8 Å². The van der Waals surface area contributed by atoms with Crippen LogP contribution < -0.4 is 5.32 Å². The maximum Gasteiger partial charge on any atom is 0.294 e. The first-order valence-electron chi connectivity index (χ1n) is 12.7. The highest BCUT2D eigenvalue weighted by molar-refractivity contribution is 5.94. The first-order chi connectivity index (χ1) is 19.1. The lowest BCUT2D eigenvalue weighted by molar-refractivity contribution is -0.114. The maximum atomic E-state index is 14.7. The highest BCUT2D eigenvalue weighted by atomic mass is 19.3. The van der Waals surface area contributed by atoms with Crippen molar-refractivity contribution in [1.29, 1.82) is 0 Å². The average molecular weight is 562 g/mol. The van der Waals surface area contributed by atoms with Gasteiger partial charge in [0, 0.05) is 52.0 Å². The number of halogens is 3. The second kappa shape index (κ2) is 18.3. The monoisotopic (exact) mass is 561 g/mol. The summed E-state index contributed by atoms with van der Waals surface area (Å²) in [4.78, 5) is 19.1. The molecule has 0 bridgehead atoms. The molecule has 8 nitrogen and oxygen atoms in total. The minimum absolute atomic E-state index is 0.0401. The van der Waals surface area contributed by atoms with Gasteiger partial charge in [0.15, 0.2) is 5.76 Å². The molecule has 0 fully saturated rings. The molecular formula is C29H38F3N5O3. The molecule has 1 amide bonds. The van der Waals surface area contributed by atoms with Gasteiger partial charge in [0.05, 0.1) is 17.8 Å². The Bertz CT molecular complexity index is 1180. The third-order valence-corrected chi connectivity index (χ3v) is 5.01. The van der Waals surface area contributed by atoms with E-state index in [4.69, 9.17) is 9.47 Å². The number of hydrazone groups is 1. The number of hydrogen-bond donors (Lipinski definition) is 1. The smallest absolute Gasteiger partial charge is 0.294 e. The summed E-state index contributed by atoms with van der Waals surface area (Å²) in [5.74, 6) is -1.92. The van der Waals surface area contributed by atoms with Crippen LogP contribution in [0.1, 0.15) is 57.4 Å². The molecule has 2 aromatic rings. The lowest BCUT2D eigenvalue weighted by atomic mass is 10.1.